The molecule has 5 nitrogen and oxygen atoms in total. The molecule has 1 aliphatic carbocycles. The summed E-state index contributed by atoms with van der Waals surface area (Å²) in [5.74, 6) is -0.604. The Morgan fingerprint density at radius 2 is 2.00 bits per heavy atom. The maximum absolute atomic E-state index is 12.6. The van der Waals surface area contributed by atoms with Crippen molar-refractivity contribution in [2.45, 2.75) is 31.7 Å². The molecule has 25 heavy (non-hydrogen) atoms. The van der Waals surface area contributed by atoms with Crippen LogP contribution in [0.15, 0.2) is 48.5 Å². The fourth-order valence-corrected chi connectivity index (χ4v) is 3.23. The van der Waals surface area contributed by atoms with E-state index in [1.54, 1.807) is 18.2 Å². The van der Waals surface area contributed by atoms with Crippen molar-refractivity contribution in [2.75, 3.05) is 6.61 Å². The van der Waals surface area contributed by atoms with Gasteiger partial charge >= 0.3 is 5.97 Å². The fraction of sp³-hybridized carbons (Fsp3) is 0.300. The van der Waals surface area contributed by atoms with Crippen LogP contribution in [0.4, 0.5) is 0 Å². The molecule has 5 heteroatoms. The van der Waals surface area contributed by atoms with Gasteiger partial charge < -0.3 is 15.2 Å². The number of hydrogen-bond acceptors (Lipinski definition) is 3. The lowest BCUT2D eigenvalue weighted by Gasteiger charge is -2.24. The highest BCUT2D eigenvalue weighted by molar-refractivity contribution is 5.84. The zero-order valence-electron chi connectivity index (χ0n) is 13.9. The molecular formula is C20H21NO4. The Balaban J connectivity index is 1.61. The zero-order chi connectivity index (χ0) is 17.6. The lowest BCUT2D eigenvalue weighted by molar-refractivity contribution is -0.139. The van der Waals surface area contributed by atoms with Crippen LogP contribution in [0.1, 0.15) is 35.4 Å². The smallest absolute Gasteiger partial charge is 0.341 e. The average molecular weight is 339 g/mol. The molecule has 0 spiro atoms. The van der Waals surface area contributed by atoms with E-state index >= 15 is 0 Å². The van der Waals surface area contributed by atoms with Gasteiger partial charge in [0.2, 0.25) is 5.91 Å². The van der Waals surface area contributed by atoms with Gasteiger partial charge in [-0.2, -0.15) is 0 Å². The molecule has 0 fully saturated rings. The van der Waals surface area contributed by atoms with E-state index < -0.39 is 5.97 Å². The predicted molar refractivity (Wildman–Crippen MR) is 93.5 cm³/mol. The zero-order valence-corrected chi connectivity index (χ0v) is 13.9. The van der Waals surface area contributed by atoms with Crippen LogP contribution in [0.3, 0.4) is 0 Å². The monoisotopic (exact) mass is 339 g/mol. The van der Waals surface area contributed by atoms with Crippen molar-refractivity contribution < 1.29 is 19.4 Å². The summed E-state index contributed by atoms with van der Waals surface area (Å²) in [6.45, 7) is 0.0104. The number of amides is 1. The molecule has 2 aromatic carbocycles. The molecule has 130 valence electrons. The molecular weight excluding hydrogens is 318 g/mol. The number of rotatable bonds is 6. The first kappa shape index (κ1) is 17.0. The number of benzene rings is 2. The summed E-state index contributed by atoms with van der Waals surface area (Å²) in [4.78, 5) is 23.2. The van der Waals surface area contributed by atoms with Crippen LogP contribution in [0, 0.1) is 0 Å². The highest BCUT2D eigenvalue weighted by Crippen LogP contribution is 2.31. The summed E-state index contributed by atoms with van der Waals surface area (Å²) in [5.41, 5.74) is 3.27. The maximum atomic E-state index is 12.6. The van der Waals surface area contributed by atoms with Crippen molar-refractivity contribution in [3.63, 3.8) is 0 Å². The van der Waals surface area contributed by atoms with Gasteiger partial charge in [0.25, 0.3) is 0 Å². The van der Waals surface area contributed by atoms with E-state index in [0.717, 1.165) is 30.4 Å². The van der Waals surface area contributed by atoms with Crippen LogP contribution in [-0.2, 0) is 22.6 Å². The Morgan fingerprint density at radius 3 is 2.84 bits per heavy atom. The van der Waals surface area contributed by atoms with Crippen molar-refractivity contribution >= 4 is 11.9 Å². The van der Waals surface area contributed by atoms with Gasteiger partial charge in [0.15, 0.2) is 6.61 Å². The number of fused-ring (bicyclic) bond motifs is 1. The SMILES string of the molecule is O=C(O)COc1cccc(CNC(=O)C2CCCc3ccccc32)c1. The Morgan fingerprint density at radius 1 is 1.16 bits per heavy atom. The highest BCUT2D eigenvalue weighted by atomic mass is 16.5. The summed E-state index contributed by atoms with van der Waals surface area (Å²) < 4.78 is 5.17. The van der Waals surface area contributed by atoms with Gasteiger partial charge in [-0.15, -0.1) is 0 Å². The molecule has 1 unspecified atom stereocenters. The van der Waals surface area contributed by atoms with Crippen molar-refractivity contribution in [1.29, 1.82) is 0 Å². The summed E-state index contributed by atoms with van der Waals surface area (Å²) in [7, 11) is 0. The Hall–Kier alpha value is -2.82. The van der Waals surface area contributed by atoms with E-state index in [9.17, 15) is 9.59 Å². The molecule has 0 radical (unpaired) electrons. The Bertz CT molecular complexity index is 772. The van der Waals surface area contributed by atoms with Crippen molar-refractivity contribution in [2.24, 2.45) is 0 Å². The molecule has 2 aromatic rings. The molecule has 1 atom stereocenters. The largest absolute Gasteiger partial charge is 0.482 e. The topological polar surface area (TPSA) is 75.6 Å². The molecule has 0 saturated heterocycles. The van der Waals surface area contributed by atoms with Gasteiger partial charge in [0.05, 0.1) is 5.92 Å². The number of carbonyl (C=O) groups excluding carboxylic acids is 1. The van der Waals surface area contributed by atoms with Gasteiger partial charge in [-0.3, -0.25) is 4.79 Å². The molecule has 0 aromatic heterocycles. The third-order valence-electron chi connectivity index (χ3n) is 4.41. The van der Waals surface area contributed by atoms with Gasteiger partial charge in [0.1, 0.15) is 5.75 Å². The number of carbonyl (C=O) groups is 2. The van der Waals surface area contributed by atoms with E-state index in [1.807, 2.05) is 24.3 Å². The minimum absolute atomic E-state index is 0.0315. The van der Waals surface area contributed by atoms with Crippen LogP contribution < -0.4 is 10.1 Å². The summed E-state index contributed by atoms with van der Waals surface area (Å²) in [6.07, 6.45) is 2.92. The lowest BCUT2D eigenvalue weighted by atomic mass is 9.82. The van der Waals surface area contributed by atoms with Crippen molar-refractivity contribution in [1.82, 2.24) is 5.32 Å². The van der Waals surface area contributed by atoms with Gasteiger partial charge in [0, 0.05) is 6.54 Å². The van der Waals surface area contributed by atoms with Crippen LogP contribution in [0.2, 0.25) is 0 Å². The van der Waals surface area contributed by atoms with Gasteiger partial charge in [-0.25, -0.2) is 4.79 Å². The predicted octanol–water partition coefficient (Wildman–Crippen LogP) is 2.89. The van der Waals surface area contributed by atoms with Crippen LogP contribution in [-0.4, -0.2) is 23.6 Å². The quantitative estimate of drug-likeness (QED) is 0.848. The number of carboxylic acid groups (broad SMARTS) is 1. The third-order valence-corrected chi connectivity index (χ3v) is 4.41. The number of hydrogen-bond donors (Lipinski definition) is 2. The summed E-state index contributed by atoms with van der Waals surface area (Å²) in [6, 6.07) is 15.2. The number of aliphatic carboxylic acids is 1. The third kappa shape index (κ3) is 4.38. The first-order valence-corrected chi connectivity index (χ1v) is 8.42. The van der Waals surface area contributed by atoms with Gasteiger partial charge in [-0.05, 0) is 48.1 Å². The van der Waals surface area contributed by atoms with E-state index in [2.05, 4.69) is 11.4 Å². The maximum Gasteiger partial charge on any atom is 0.341 e. The Kier molecular flexibility index (Phi) is 5.33. The van der Waals surface area contributed by atoms with Crippen molar-refractivity contribution in [3.05, 3.63) is 65.2 Å². The lowest BCUT2D eigenvalue weighted by Crippen LogP contribution is -2.31. The van der Waals surface area contributed by atoms with Crippen molar-refractivity contribution in [3.8, 4) is 5.75 Å². The standard InChI is InChI=1S/C20H21NO4/c22-19(23)13-25-16-8-3-5-14(11-16)12-21-20(24)18-10-4-7-15-6-1-2-9-17(15)18/h1-3,5-6,8-9,11,18H,4,7,10,12-13H2,(H,21,24)(H,22,23). The molecule has 0 saturated carbocycles. The van der Waals surface area contributed by atoms with E-state index in [1.165, 1.54) is 5.56 Å². The minimum atomic E-state index is -1.02. The molecule has 1 aliphatic rings. The number of aryl methyl sites for hydroxylation is 1. The molecule has 2 N–H and O–H groups in total. The molecule has 3 rings (SSSR count). The van der Waals surface area contributed by atoms with E-state index in [-0.39, 0.29) is 18.4 Å². The second kappa shape index (κ2) is 7.83. The first-order valence-electron chi connectivity index (χ1n) is 8.42. The molecule has 0 bridgehead atoms. The van der Waals surface area contributed by atoms with Crippen LogP contribution in [0.5, 0.6) is 5.75 Å². The summed E-state index contributed by atoms with van der Waals surface area (Å²) >= 11 is 0. The minimum Gasteiger partial charge on any atom is -0.482 e. The fourth-order valence-electron chi connectivity index (χ4n) is 3.23. The van der Waals surface area contributed by atoms with E-state index in [0.29, 0.717) is 12.3 Å². The van der Waals surface area contributed by atoms with E-state index in [4.69, 9.17) is 9.84 Å². The second-order valence-corrected chi connectivity index (χ2v) is 6.19. The average Bonchev–Trinajstić information content (AvgIpc) is 2.64. The van der Waals surface area contributed by atoms with Crippen LogP contribution in [0.25, 0.3) is 0 Å². The molecule has 0 heterocycles. The van der Waals surface area contributed by atoms with Gasteiger partial charge in [-0.1, -0.05) is 36.4 Å². The number of nitrogens with one attached hydrogen (secondary N) is 1. The Labute approximate surface area is 146 Å². The molecule has 1 amide bonds. The normalized spacial score (nSPS) is 15.9. The van der Waals surface area contributed by atoms with Crippen LogP contribution >= 0.6 is 0 Å². The first-order chi connectivity index (χ1) is 12.1. The highest BCUT2D eigenvalue weighted by Gasteiger charge is 2.25. The molecule has 0 aliphatic heterocycles. The second-order valence-electron chi connectivity index (χ2n) is 6.19. The number of ether oxygens (including phenoxy) is 1. The number of carboxylic acids is 1. The summed E-state index contributed by atoms with van der Waals surface area (Å²) in [5, 5.41) is 11.7.